The summed E-state index contributed by atoms with van der Waals surface area (Å²) in [6.45, 7) is 14.8. The molecule has 0 radical (unpaired) electrons. The number of rotatable bonds is 3. The van der Waals surface area contributed by atoms with Gasteiger partial charge >= 0.3 is 0 Å². The van der Waals surface area contributed by atoms with Gasteiger partial charge in [0.1, 0.15) is 0 Å². The highest BCUT2D eigenvalue weighted by Crippen LogP contribution is 2.28. The summed E-state index contributed by atoms with van der Waals surface area (Å²) in [6, 6.07) is 1.40. The van der Waals surface area contributed by atoms with Gasteiger partial charge in [-0.3, -0.25) is 4.90 Å². The summed E-state index contributed by atoms with van der Waals surface area (Å²) in [7, 11) is 2.24. The van der Waals surface area contributed by atoms with Crippen molar-refractivity contribution in [1.29, 1.82) is 0 Å². The lowest BCUT2D eigenvalue weighted by molar-refractivity contribution is 0.0130. The number of piperazine rings is 1. The van der Waals surface area contributed by atoms with E-state index in [1.807, 2.05) is 0 Å². The van der Waals surface area contributed by atoms with Crippen LogP contribution in [0.1, 0.15) is 41.0 Å². The van der Waals surface area contributed by atoms with Crippen molar-refractivity contribution < 1.29 is 0 Å². The normalized spacial score (nSPS) is 28.1. The molecule has 17 heavy (non-hydrogen) atoms. The summed E-state index contributed by atoms with van der Waals surface area (Å²) in [5.74, 6) is 0. The van der Waals surface area contributed by atoms with Crippen LogP contribution >= 0.6 is 0 Å². The van der Waals surface area contributed by atoms with Gasteiger partial charge in [-0.1, -0.05) is 27.7 Å². The molecule has 3 atom stereocenters. The molecule has 0 aromatic rings. The Morgan fingerprint density at radius 3 is 2.29 bits per heavy atom. The molecule has 0 aromatic heterocycles. The van der Waals surface area contributed by atoms with Crippen molar-refractivity contribution in [3.8, 4) is 0 Å². The Morgan fingerprint density at radius 1 is 1.29 bits per heavy atom. The Morgan fingerprint density at radius 2 is 1.88 bits per heavy atom. The van der Waals surface area contributed by atoms with E-state index in [0.29, 0.717) is 12.1 Å². The highest BCUT2D eigenvalue weighted by molar-refractivity contribution is 4.93. The zero-order valence-corrected chi connectivity index (χ0v) is 12.5. The van der Waals surface area contributed by atoms with E-state index >= 15 is 0 Å². The Hall–Kier alpha value is -0.120. The van der Waals surface area contributed by atoms with Crippen LogP contribution in [0, 0.1) is 5.41 Å². The minimum absolute atomic E-state index is 0.232. The molecule has 3 unspecified atom stereocenters. The zero-order chi connectivity index (χ0) is 13.2. The van der Waals surface area contributed by atoms with E-state index < -0.39 is 0 Å². The minimum Gasteiger partial charge on any atom is -0.327 e. The van der Waals surface area contributed by atoms with Crippen molar-refractivity contribution in [2.75, 3.05) is 26.7 Å². The maximum absolute atomic E-state index is 6.22. The Labute approximate surface area is 107 Å². The molecule has 0 saturated carbocycles. The molecule has 1 aliphatic rings. The van der Waals surface area contributed by atoms with Crippen LogP contribution in [-0.4, -0.2) is 54.6 Å². The van der Waals surface area contributed by atoms with Crippen molar-refractivity contribution in [1.82, 2.24) is 9.80 Å². The lowest BCUT2D eigenvalue weighted by atomic mass is 9.81. The maximum Gasteiger partial charge on any atom is 0.0294 e. The van der Waals surface area contributed by atoms with E-state index in [2.05, 4.69) is 51.5 Å². The third-order valence-corrected chi connectivity index (χ3v) is 4.06. The van der Waals surface area contributed by atoms with Gasteiger partial charge in [0.25, 0.3) is 0 Å². The molecule has 102 valence electrons. The first-order chi connectivity index (χ1) is 7.77. The Kier molecular flexibility index (Phi) is 4.99. The fourth-order valence-corrected chi connectivity index (χ4v) is 3.33. The van der Waals surface area contributed by atoms with Crippen molar-refractivity contribution in [2.45, 2.75) is 59.2 Å². The molecule has 0 aliphatic carbocycles. The predicted octanol–water partition coefficient (Wildman–Crippen LogP) is 1.77. The second-order valence-electron chi connectivity index (χ2n) is 6.71. The molecule has 1 heterocycles. The average molecular weight is 241 g/mol. The zero-order valence-electron chi connectivity index (χ0n) is 12.5. The SMILES string of the molecule is CCC1CN(C(C(C)N)C(C)(C)C)CCN1C. The standard InChI is InChI=1S/C14H31N3/c1-7-12-10-17(9-8-16(12)6)13(11(2)15)14(3,4)5/h11-13H,7-10,15H2,1-6H3. The van der Waals surface area contributed by atoms with Crippen LogP contribution in [0.5, 0.6) is 0 Å². The van der Waals surface area contributed by atoms with Crippen LogP contribution in [0.25, 0.3) is 0 Å². The highest BCUT2D eigenvalue weighted by Gasteiger charge is 2.36. The summed E-state index contributed by atoms with van der Waals surface area (Å²) in [4.78, 5) is 5.09. The largest absolute Gasteiger partial charge is 0.327 e. The van der Waals surface area contributed by atoms with Crippen LogP contribution in [0.15, 0.2) is 0 Å². The topological polar surface area (TPSA) is 32.5 Å². The van der Waals surface area contributed by atoms with E-state index in [-0.39, 0.29) is 11.5 Å². The Bertz CT molecular complexity index is 232. The molecule has 1 rings (SSSR count). The van der Waals surface area contributed by atoms with Gasteiger partial charge < -0.3 is 10.6 Å². The van der Waals surface area contributed by atoms with E-state index in [1.54, 1.807) is 0 Å². The van der Waals surface area contributed by atoms with E-state index in [4.69, 9.17) is 5.73 Å². The monoisotopic (exact) mass is 241 g/mol. The van der Waals surface area contributed by atoms with E-state index in [0.717, 1.165) is 19.6 Å². The molecule has 1 aliphatic heterocycles. The molecule has 3 heteroatoms. The molecule has 1 saturated heterocycles. The molecule has 0 amide bonds. The lowest BCUT2D eigenvalue weighted by Crippen LogP contribution is -2.61. The third kappa shape index (κ3) is 3.67. The summed E-state index contributed by atoms with van der Waals surface area (Å²) in [5, 5.41) is 0. The maximum atomic E-state index is 6.22. The van der Waals surface area contributed by atoms with Crippen LogP contribution in [0.3, 0.4) is 0 Å². The summed E-state index contributed by atoms with van der Waals surface area (Å²) >= 11 is 0. The molecule has 0 bridgehead atoms. The van der Waals surface area contributed by atoms with Gasteiger partial charge in [0, 0.05) is 37.8 Å². The van der Waals surface area contributed by atoms with Crippen molar-refractivity contribution in [3.05, 3.63) is 0 Å². The average Bonchev–Trinajstić information content (AvgIpc) is 2.18. The predicted molar refractivity (Wildman–Crippen MR) is 75.2 cm³/mol. The van der Waals surface area contributed by atoms with Crippen LogP contribution in [0.2, 0.25) is 0 Å². The summed E-state index contributed by atoms with van der Waals surface area (Å²) in [5.41, 5.74) is 6.47. The first kappa shape index (κ1) is 14.9. The molecule has 1 fully saturated rings. The summed E-state index contributed by atoms with van der Waals surface area (Å²) < 4.78 is 0. The van der Waals surface area contributed by atoms with E-state index in [1.165, 1.54) is 6.42 Å². The van der Waals surface area contributed by atoms with Gasteiger partial charge in [0.2, 0.25) is 0 Å². The van der Waals surface area contributed by atoms with Crippen LogP contribution in [0.4, 0.5) is 0 Å². The fraction of sp³-hybridized carbons (Fsp3) is 1.00. The number of hydrogen-bond donors (Lipinski definition) is 1. The molecule has 0 aromatic carbocycles. The molecule has 3 nitrogen and oxygen atoms in total. The van der Waals surface area contributed by atoms with Crippen molar-refractivity contribution in [3.63, 3.8) is 0 Å². The molecular weight excluding hydrogens is 210 g/mol. The van der Waals surface area contributed by atoms with Crippen molar-refractivity contribution in [2.24, 2.45) is 11.1 Å². The quantitative estimate of drug-likeness (QED) is 0.817. The lowest BCUT2D eigenvalue weighted by Gasteiger charge is -2.48. The fourth-order valence-electron chi connectivity index (χ4n) is 3.33. The number of likely N-dealkylation sites (N-methyl/N-ethyl adjacent to an activating group) is 1. The van der Waals surface area contributed by atoms with Gasteiger partial charge in [0.15, 0.2) is 0 Å². The minimum atomic E-state index is 0.232. The molecular formula is C14H31N3. The van der Waals surface area contributed by atoms with Gasteiger partial charge in [0.05, 0.1) is 0 Å². The first-order valence-corrected chi connectivity index (χ1v) is 6.97. The van der Waals surface area contributed by atoms with Crippen molar-refractivity contribution >= 4 is 0 Å². The first-order valence-electron chi connectivity index (χ1n) is 6.97. The van der Waals surface area contributed by atoms with Crippen LogP contribution in [-0.2, 0) is 0 Å². The van der Waals surface area contributed by atoms with Gasteiger partial charge in [-0.15, -0.1) is 0 Å². The van der Waals surface area contributed by atoms with Gasteiger partial charge in [-0.05, 0) is 25.8 Å². The second-order valence-corrected chi connectivity index (χ2v) is 6.71. The van der Waals surface area contributed by atoms with Gasteiger partial charge in [-0.2, -0.15) is 0 Å². The van der Waals surface area contributed by atoms with Gasteiger partial charge in [-0.25, -0.2) is 0 Å². The number of hydrogen-bond acceptors (Lipinski definition) is 3. The number of nitrogens with zero attached hydrogens (tertiary/aromatic N) is 2. The number of nitrogens with two attached hydrogens (primary N) is 1. The smallest absolute Gasteiger partial charge is 0.0294 e. The summed E-state index contributed by atoms with van der Waals surface area (Å²) in [6.07, 6.45) is 1.23. The molecule has 0 spiro atoms. The van der Waals surface area contributed by atoms with E-state index in [9.17, 15) is 0 Å². The van der Waals surface area contributed by atoms with Crippen LogP contribution < -0.4 is 5.73 Å². The molecule has 2 N–H and O–H groups in total. The highest BCUT2D eigenvalue weighted by atomic mass is 15.3. The second kappa shape index (κ2) is 5.68. The Balaban J connectivity index is 2.76. The third-order valence-electron chi connectivity index (χ3n) is 4.06.